The Balaban J connectivity index is 1.87. The summed E-state index contributed by atoms with van der Waals surface area (Å²) in [5.41, 5.74) is 15.5. The molecule has 0 bridgehead atoms. The second-order valence-electron chi connectivity index (χ2n) is 10.1. The molecule has 0 atom stereocenters. The van der Waals surface area contributed by atoms with E-state index in [2.05, 4.69) is 22.9 Å². The maximum atomic E-state index is 14.0. The molecule has 1 aliphatic rings. The van der Waals surface area contributed by atoms with Crippen molar-refractivity contribution < 1.29 is 14.3 Å². The van der Waals surface area contributed by atoms with E-state index in [0.29, 0.717) is 42.3 Å². The minimum atomic E-state index is -0.478. The van der Waals surface area contributed by atoms with E-state index in [1.807, 2.05) is 45.9 Å². The molecule has 11 heteroatoms. The number of nitrogens with zero attached hydrogens (tertiary/aromatic N) is 3. The lowest BCUT2D eigenvalue weighted by Crippen LogP contribution is -2.44. The Morgan fingerprint density at radius 1 is 1.10 bits per heavy atom. The van der Waals surface area contributed by atoms with Crippen molar-refractivity contribution in [3.05, 3.63) is 80.0 Å². The number of amides is 1. The highest BCUT2D eigenvalue weighted by Crippen LogP contribution is 2.37. The Morgan fingerprint density at radius 3 is 2.44 bits per heavy atom. The van der Waals surface area contributed by atoms with Crippen LogP contribution in [0, 0.1) is 20.8 Å². The van der Waals surface area contributed by atoms with E-state index in [1.54, 1.807) is 23.2 Å². The summed E-state index contributed by atoms with van der Waals surface area (Å²) in [6, 6.07) is 9.98. The number of benzene rings is 2. The summed E-state index contributed by atoms with van der Waals surface area (Å²) in [6.45, 7) is 10.9. The molecule has 0 saturated heterocycles. The van der Waals surface area contributed by atoms with Crippen LogP contribution >= 0.6 is 0 Å². The molecule has 41 heavy (non-hydrogen) atoms. The molecule has 218 valence electrons. The molecule has 1 amide bonds. The number of hydrogen-bond donors (Lipinski definition) is 4. The van der Waals surface area contributed by atoms with Gasteiger partial charge in [0.1, 0.15) is 11.2 Å². The fourth-order valence-electron chi connectivity index (χ4n) is 5.16. The van der Waals surface area contributed by atoms with Crippen LogP contribution in [0.3, 0.4) is 0 Å². The lowest BCUT2D eigenvalue weighted by Gasteiger charge is -2.25. The zero-order valence-corrected chi connectivity index (χ0v) is 24.6. The first kappa shape index (κ1) is 29.5. The number of aryl methyl sites for hydroxylation is 4. The number of nitrogens with one attached hydrogen (secondary N) is 2. The first-order valence-corrected chi connectivity index (χ1v) is 13.6. The molecule has 1 aromatic heterocycles. The zero-order chi connectivity index (χ0) is 29.8. The second-order valence-corrected chi connectivity index (χ2v) is 10.1. The van der Waals surface area contributed by atoms with Crippen molar-refractivity contribution in [2.24, 2.45) is 16.6 Å². The molecule has 0 fully saturated rings. The van der Waals surface area contributed by atoms with Crippen molar-refractivity contribution in [2.75, 3.05) is 20.3 Å². The number of fused-ring (bicyclic) bond motifs is 3. The molecule has 3 aromatic rings. The molecule has 1 aliphatic heterocycles. The summed E-state index contributed by atoms with van der Waals surface area (Å²) in [6.07, 6.45) is 0.655. The van der Waals surface area contributed by atoms with E-state index in [1.165, 1.54) is 0 Å². The average Bonchev–Trinajstić information content (AvgIpc) is 2.94. The highest BCUT2D eigenvalue weighted by Gasteiger charge is 2.23. The predicted octanol–water partition coefficient (Wildman–Crippen LogP) is 2.21. The van der Waals surface area contributed by atoms with Crippen molar-refractivity contribution in [3.8, 4) is 22.8 Å². The number of nitrogens with two attached hydrogens (primary N) is 2. The van der Waals surface area contributed by atoms with Gasteiger partial charge in [-0.2, -0.15) is 0 Å². The van der Waals surface area contributed by atoms with Gasteiger partial charge in [-0.05, 0) is 69.9 Å². The van der Waals surface area contributed by atoms with Crippen molar-refractivity contribution in [1.29, 1.82) is 0 Å². The molecule has 0 aliphatic carbocycles. The summed E-state index contributed by atoms with van der Waals surface area (Å²) in [7, 11) is 1.60. The molecule has 2 aromatic carbocycles. The lowest BCUT2D eigenvalue weighted by atomic mass is 9.97. The van der Waals surface area contributed by atoms with Crippen LogP contribution in [-0.4, -0.2) is 35.3 Å². The molecule has 0 radical (unpaired) electrons. The number of rotatable bonds is 9. The normalized spacial score (nSPS) is 13.2. The molecule has 6 N–H and O–H groups in total. The topological polar surface area (TPSA) is 151 Å². The minimum absolute atomic E-state index is 0.0209. The Labute approximate surface area is 239 Å². The third-order valence-electron chi connectivity index (χ3n) is 7.21. The third kappa shape index (κ3) is 5.99. The van der Waals surface area contributed by atoms with E-state index < -0.39 is 5.91 Å². The SMILES string of the molecule is CCOc1cc2c(cc1OC)-c1cc(=Nc3c(C)cc(C)cc3C)n(CCNC(=O)/C(N)=C(\C)NN)c(=O)n1CC2. The predicted molar refractivity (Wildman–Crippen MR) is 159 cm³/mol. The van der Waals surface area contributed by atoms with Crippen LogP contribution in [0.5, 0.6) is 11.5 Å². The summed E-state index contributed by atoms with van der Waals surface area (Å²) < 4.78 is 14.7. The molecule has 0 saturated carbocycles. The Hall–Kier alpha value is -4.51. The molecule has 0 unspecified atom stereocenters. The average molecular weight is 562 g/mol. The number of carbonyl (C=O) groups is 1. The first-order valence-electron chi connectivity index (χ1n) is 13.6. The Bertz CT molecular complexity index is 1630. The summed E-state index contributed by atoms with van der Waals surface area (Å²) in [4.78, 5) is 31.5. The van der Waals surface area contributed by atoms with Gasteiger partial charge >= 0.3 is 5.69 Å². The Kier molecular flexibility index (Phi) is 8.87. The summed E-state index contributed by atoms with van der Waals surface area (Å²) in [5, 5.41) is 2.77. The van der Waals surface area contributed by atoms with Gasteiger partial charge in [0.25, 0.3) is 5.91 Å². The monoisotopic (exact) mass is 561 g/mol. The highest BCUT2D eigenvalue weighted by atomic mass is 16.5. The number of allylic oxidation sites excluding steroid dienone is 1. The maximum Gasteiger partial charge on any atom is 0.330 e. The highest BCUT2D eigenvalue weighted by molar-refractivity contribution is 5.92. The number of hydrogen-bond acceptors (Lipinski definition) is 8. The van der Waals surface area contributed by atoms with Crippen molar-refractivity contribution in [3.63, 3.8) is 0 Å². The van der Waals surface area contributed by atoms with Gasteiger partial charge in [-0.1, -0.05) is 17.7 Å². The number of methoxy groups -OCH3 is 1. The number of ether oxygens (including phenoxy) is 2. The second kappa shape index (κ2) is 12.3. The van der Waals surface area contributed by atoms with Crippen molar-refractivity contribution >= 4 is 11.6 Å². The first-order chi connectivity index (χ1) is 19.6. The van der Waals surface area contributed by atoms with Crippen LogP contribution in [0.15, 0.2) is 51.5 Å². The minimum Gasteiger partial charge on any atom is -0.493 e. The van der Waals surface area contributed by atoms with Gasteiger partial charge in [0, 0.05) is 31.3 Å². The number of aromatic nitrogens is 2. The largest absolute Gasteiger partial charge is 0.493 e. The van der Waals surface area contributed by atoms with Gasteiger partial charge in [0.15, 0.2) is 11.5 Å². The fraction of sp³-hybridized carbons (Fsp3) is 0.367. The van der Waals surface area contributed by atoms with Gasteiger partial charge < -0.3 is 25.9 Å². The van der Waals surface area contributed by atoms with Gasteiger partial charge in [-0.25, -0.2) is 9.79 Å². The van der Waals surface area contributed by atoms with Crippen molar-refractivity contribution in [2.45, 2.75) is 54.1 Å². The van der Waals surface area contributed by atoms with Gasteiger partial charge in [0.05, 0.1) is 30.8 Å². The van der Waals surface area contributed by atoms with E-state index >= 15 is 0 Å². The quantitative estimate of drug-likeness (QED) is 0.178. The van der Waals surface area contributed by atoms with Gasteiger partial charge in [0.2, 0.25) is 0 Å². The van der Waals surface area contributed by atoms with E-state index in [-0.39, 0.29) is 24.5 Å². The molecule has 0 spiro atoms. The number of carbonyl (C=O) groups excluding carboxylic acids is 1. The molecule has 11 nitrogen and oxygen atoms in total. The standard InChI is InChI=1S/C30H39N7O4/c1-7-41-25-14-21-8-10-36-23(22(21)15-24(25)40-6)16-26(34-28-18(3)12-17(2)13-19(28)4)37(30(36)39)11-9-33-29(38)27(31)20(5)35-32/h12-16,35H,7-11,31-32H2,1-6H3,(H,33,38)/b27-20-,34-26?. The van der Waals surface area contributed by atoms with E-state index in [9.17, 15) is 9.59 Å². The van der Waals surface area contributed by atoms with Gasteiger partial charge in [-0.3, -0.25) is 19.8 Å². The van der Waals surface area contributed by atoms with Crippen LogP contribution in [0.2, 0.25) is 0 Å². The van der Waals surface area contributed by atoms with E-state index in [4.69, 9.17) is 26.0 Å². The van der Waals surface area contributed by atoms with Crippen LogP contribution in [0.1, 0.15) is 36.1 Å². The zero-order valence-electron chi connectivity index (χ0n) is 24.6. The molecular formula is C30H39N7O4. The number of hydrazine groups is 1. The molecule has 2 heterocycles. The molecular weight excluding hydrogens is 522 g/mol. The summed E-state index contributed by atoms with van der Waals surface area (Å²) in [5.74, 6) is 6.17. The lowest BCUT2D eigenvalue weighted by molar-refractivity contribution is -0.117. The van der Waals surface area contributed by atoms with E-state index in [0.717, 1.165) is 39.2 Å². The van der Waals surface area contributed by atoms with Gasteiger partial charge in [-0.15, -0.1) is 0 Å². The Morgan fingerprint density at radius 2 is 1.80 bits per heavy atom. The molecule has 4 rings (SSSR count). The maximum absolute atomic E-state index is 14.0. The van der Waals surface area contributed by atoms with Crippen LogP contribution < -0.4 is 43.0 Å². The van der Waals surface area contributed by atoms with Crippen LogP contribution in [0.25, 0.3) is 11.3 Å². The third-order valence-corrected chi connectivity index (χ3v) is 7.21. The van der Waals surface area contributed by atoms with Crippen molar-refractivity contribution in [1.82, 2.24) is 19.9 Å². The fourth-order valence-corrected chi connectivity index (χ4v) is 5.16. The smallest absolute Gasteiger partial charge is 0.330 e. The van der Waals surface area contributed by atoms with Crippen LogP contribution in [-0.2, 0) is 24.3 Å². The summed E-state index contributed by atoms with van der Waals surface area (Å²) >= 11 is 0. The van der Waals surface area contributed by atoms with Crippen LogP contribution in [0.4, 0.5) is 5.69 Å².